The Bertz CT molecular complexity index is 1200. The molecule has 0 saturated carbocycles. The van der Waals surface area contributed by atoms with E-state index in [0.29, 0.717) is 6.42 Å². The van der Waals surface area contributed by atoms with Crippen LogP contribution in [0, 0.1) is 5.92 Å². The maximum absolute atomic E-state index is 11.0. The van der Waals surface area contributed by atoms with Gasteiger partial charge in [-0.15, -0.1) is 0 Å². The summed E-state index contributed by atoms with van der Waals surface area (Å²) in [6.45, 7) is 8.72. The third-order valence-electron chi connectivity index (χ3n) is 5.82. The minimum absolute atomic E-state index is 0.0296. The number of hydrogen-bond donors (Lipinski definition) is 2. The largest absolute Gasteiger partial charge is 0.511 e. The van der Waals surface area contributed by atoms with Gasteiger partial charge in [-0.1, -0.05) is 20.8 Å². The Morgan fingerprint density at radius 2 is 0.647 bits per heavy atom. The number of aliphatic hydroxyl groups is 2. The topological polar surface area (TPSA) is 362 Å². The zero-order valence-corrected chi connectivity index (χ0v) is 39.9. The molecule has 2 N–H and O–H groups in total. The predicted molar refractivity (Wildman–Crippen MR) is 220 cm³/mol. The van der Waals surface area contributed by atoms with Crippen molar-refractivity contribution in [2.75, 3.05) is 128 Å². The summed E-state index contributed by atoms with van der Waals surface area (Å²) in [6.07, 6.45) is -8.27. The van der Waals surface area contributed by atoms with Crippen LogP contribution < -0.4 is 0 Å². The number of carbonyl (C=O) groups is 8. The van der Waals surface area contributed by atoms with E-state index in [9.17, 15) is 38.4 Å². The van der Waals surface area contributed by atoms with E-state index in [2.05, 4.69) is 85.3 Å². The Hall–Kier alpha value is -6.08. The van der Waals surface area contributed by atoms with Gasteiger partial charge in [0.1, 0.15) is 39.6 Å². The van der Waals surface area contributed by atoms with E-state index in [0.717, 1.165) is 0 Å². The molecule has 0 fully saturated rings. The van der Waals surface area contributed by atoms with Crippen LogP contribution in [-0.2, 0) is 94.7 Å². The van der Waals surface area contributed by atoms with Gasteiger partial charge in [0.2, 0.25) is 27.2 Å². The van der Waals surface area contributed by atoms with Gasteiger partial charge >= 0.3 is 49.2 Å². The van der Waals surface area contributed by atoms with E-state index >= 15 is 0 Å². The van der Waals surface area contributed by atoms with Crippen LogP contribution in [-0.4, -0.2) is 206 Å². The van der Waals surface area contributed by atoms with E-state index in [1.807, 2.05) is 20.8 Å². The third kappa shape index (κ3) is 57.9. The van der Waals surface area contributed by atoms with Gasteiger partial charge in [0.15, 0.2) is 0 Å². The van der Waals surface area contributed by atoms with Crippen LogP contribution in [0.3, 0.4) is 0 Å². The molecule has 0 aliphatic rings. The molecule has 0 saturated heterocycles. The summed E-state index contributed by atoms with van der Waals surface area (Å²) < 4.78 is 90.4. The number of rotatable bonds is 28. The Balaban J connectivity index is -0.000000402. The molecule has 0 aliphatic heterocycles. The summed E-state index contributed by atoms with van der Waals surface area (Å²) in [7, 11) is 5.89. The molecule has 0 spiro atoms. The molecule has 0 heterocycles. The molecule has 0 rings (SSSR count). The van der Waals surface area contributed by atoms with Crippen molar-refractivity contribution in [1.82, 2.24) is 0 Å². The molecule has 0 radical (unpaired) electrons. The third-order valence-corrected chi connectivity index (χ3v) is 5.82. The molecule has 68 heavy (non-hydrogen) atoms. The van der Waals surface area contributed by atoms with Gasteiger partial charge in [-0.05, 0) is 33.1 Å². The molecule has 0 aromatic carbocycles. The van der Waals surface area contributed by atoms with Crippen LogP contribution in [0.25, 0.3) is 0 Å². The minimum atomic E-state index is -1.05. The molecule has 0 aliphatic carbocycles. The van der Waals surface area contributed by atoms with Crippen molar-refractivity contribution in [3.63, 3.8) is 0 Å². The van der Waals surface area contributed by atoms with Gasteiger partial charge in [0.05, 0.1) is 51.3 Å². The fraction of sp³-hybridized carbons (Fsp3) is 0.789. The van der Waals surface area contributed by atoms with Gasteiger partial charge in [-0.3, -0.25) is 0 Å². The standard InChI is InChI=1S/C11H20O7.C10H18O8.C9H16O7.C8H14O8/c1-8(2)5-15-10(12)17-7-18-11(13)16-6-9(3)14-4;1-7(11)4-15-9(12)17-6-18-10(13)16-5-8(2)14-3;1-3-4-13-8(10)15-7-16-9(11)14-6-5-12-2;1-12-4-5-14-8(11)16-6-15-7(10)13-3-2-9/h8-9H,5-7H2,1-4H3;7-8,11H,4-6H2,1-3H3;3-7H2,1-2H3;9H,2-6H2,1H3. The first-order chi connectivity index (χ1) is 32.3. The summed E-state index contributed by atoms with van der Waals surface area (Å²) in [5.41, 5.74) is 0. The molecule has 30 heteroatoms. The molecular weight excluding hydrogens is 936 g/mol. The molecule has 0 aromatic rings. The van der Waals surface area contributed by atoms with E-state index in [-0.39, 0.29) is 90.8 Å². The van der Waals surface area contributed by atoms with Crippen LogP contribution in [0.1, 0.15) is 48.0 Å². The van der Waals surface area contributed by atoms with E-state index < -0.39 is 82.5 Å². The van der Waals surface area contributed by atoms with Crippen molar-refractivity contribution in [1.29, 1.82) is 0 Å². The summed E-state index contributed by atoms with van der Waals surface area (Å²) in [6, 6.07) is 0. The second-order valence-electron chi connectivity index (χ2n) is 12.3. The molecular formula is C38H68O30. The second-order valence-corrected chi connectivity index (χ2v) is 12.3. The van der Waals surface area contributed by atoms with Crippen molar-refractivity contribution in [3.8, 4) is 0 Å². The molecule has 3 unspecified atom stereocenters. The van der Waals surface area contributed by atoms with Gasteiger partial charge < -0.3 is 105 Å². The average molecular weight is 1000 g/mol. The first kappa shape index (κ1) is 68.5. The van der Waals surface area contributed by atoms with Crippen molar-refractivity contribution < 1.29 is 143 Å². The first-order valence-electron chi connectivity index (χ1n) is 20.0. The zero-order chi connectivity index (χ0) is 52.4. The summed E-state index contributed by atoms with van der Waals surface area (Å²) in [5.74, 6) is 0.207. The Morgan fingerprint density at radius 1 is 0.368 bits per heavy atom. The molecule has 0 aromatic heterocycles. The molecule has 0 bridgehead atoms. The molecule has 30 nitrogen and oxygen atoms in total. The number of ether oxygens (including phenoxy) is 20. The van der Waals surface area contributed by atoms with Gasteiger partial charge in [0, 0.05) is 28.4 Å². The first-order valence-corrected chi connectivity index (χ1v) is 20.0. The van der Waals surface area contributed by atoms with Crippen molar-refractivity contribution >= 4 is 49.2 Å². The Labute approximate surface area is 392 Å². The highest BCUT2D eigenvalue weighted by molar-refractivity contribution is 5.63. The van der Waals surface area contributed by atoms with Crippen LogP contribution in [0.15, 0.2) is 0 Å². The van der Waals surface area contributed by atoms with E-state index in [1.165, 1.54) is 35.4 Å². The van der Waals surface area contributed by atoms with Crippen molar-refractivity contribution in [2.24, 2.45) is 5.92 Å². The van der Waals surface area contributed by atoms with E-state index in [4.69, 9.17) is 19.7 Å². The maximum Gasteiger partial charge on any atom is 0.511 e. The van der Waals surface area contributed by atoms with Crippen LogP contribution >= 0.6 is 0 Å². The van der Waals surface area contributed by atoms with Gasteiger partial charge in [0.25, 0.3) is 0 Å². The molecule has 3 atom stereocenters. The lowest BCUT2D eigenvalue weighted by Gasteiger charge is -2.10. The average Bonchev–Trinajstić information content (AvgIpc) is 3.30. The van der Waals surface area contributed by atoms with Gasteiger partial charge in [-0.2, -0.15) is 0 Å². The quantitative estimate of drug-likeness (QED) is 0.0487. The second kappa shape index (κ2) is 50.3. The van der Waals surface area contributed by atoms with Crippen LogP contribution in [0.5, 0.6) is 0 Å². The highest BCUT2D eigenvalue weighted by Crippen LogP contribution is 1.98. The van der Waals surface area contributed by atoms with Crippen molar-refractivity contribution in [3.05, 3.63) is 0 Å². The lowest BCUT2D eigenvalue weighted by atomic mass is 10.2. The fourth-order valence-electron chi connectivity index (χ4n) is 2.50. The smallest absolute Gasteiger partial charge is 0.434 e. The zero-order valence-electron chi connectivity index (χ0n) is 39.9. The van der Waals surface area contributed by atoms with Crippen LogP contribution in [0.2, 0.25) is 0 Å². The summed E-state index contributed by atoms with van der Waals surface area (Å²) in [5, 5.41) is 17.1. The predicted octanol–water partition coefficient (Wildman–Crippen LogP) is 3.80. The Morgan fingerprint density at radius 3 is 0.912 bits per heavy atom. The molecule has 0 amide bonds. The van der Waals surface area contributed by atoms with E-state index in [1.54, 1.807) is 13.8 Å². The lowest BCUT2D eigenvalue weighted by molar-refractivity contribution is -0.0531. The number of carbonyl (C=O) groups excluding carboxylic acids is 8. The Kier molecular flexibility index (Phi) is 50.7. The van der Waals surface area contributed by atoms with Crippen LogP contribution in [0.4, 0.5) is 38.4 Å². The number of methoxy groups -OCH3 is 4. The molecule has 400 valence electrons. The number of aliphatic hydroxyl groups excluding tert-OH is 2. The van der Waals surface area contributed by atoms with Gasteiger partial charge in [-0.25, -0.2) is 38.4 Å². The normalized spacial score (nSPS) is 11.1. The van der Waals surface area contributed by atoms with Crippen molar-refractivity contribution in [2.45, 2.75) is 66.3 Å². The summed E-state index contributed by atoms with van der Waals surface area (Å²) >= 11 is 0. The summed E-state index contributed by atoms with van der Waals surface area (Å²) in [4.78, 5) is 86.6. The lowest BCUT2D eigenvalue weighted by Crippen LogP contribution is -2.21. The highest BCUT2D eigenvalue weighted by atomic mass is 16.8. The maximum atomic E-state index is 11.0. The minimum Gasteiger partial charge on any atom is -0.434 e. The number of hydrogen-bond acceptors (Lipinski definition) is 30. The monoisotopic (exact) mass is 1000 g/mol. The highest BCUT2D eigenvalue weighted by Gasteiger charge is 2.13. The fourth-order valence-corrected chi connectivity index (χ4v) is 2.50. The SMILES string of the molecule is CCCOC(=O)OCOC(=O)OCCOC.COC(C)COC(=O)OCOC(=O)OCC(C)C.COC(C)COC(=O)OCOC(=O)OCC(C)O.COCCOC(=O)OCOC(=O)OCCO.